The van der Waals surface area contributed by atoms with E-state index in [4.69, 9.17) is 4.74 Å². The number of hydrogen-bond donors (Lipinski definition) is 2. The fraction of sp³-hybridized carbons (Fsp3) is 0.227. The zero-order valence-electron chi connectivity index (χ0n) is 17.6. The number of nitrogens with one attached hydrogen (secondary N) is 2. The molecule has 10 heteroatoms. The van der Waals surface area contributed by atoms with E-state index in [2.05, 4.69) is 15.0 Å². The monoisotopic (exact) mass is 473 g/mol. The van der Waals surface area contributed by atoms with Crippen LogP contribution in [0.2, 0.25) is 0 Å². The molecule has 0 spiro atoms. The number of ether oxygens (including phenoxy) is 1. The van der Waals surface area contributed by atoms with Crippen molar-refractivity contribution >= 4 is 33.2 Å². The van der Waals surface area contributed by atoms with Crippen molar-refractivity contribution in [2.45, 2.75) is 25.3 Å². The highest BCUT2D eigenvalue weighted by Gasteiger charge is 2.17. The van der Waals surface area contributed by atoms with Crippen molar-refractivity contribution in [1.29, 1.82) is 0 Å². The number of aryl methyl sites for hydroxylation is 2. The maximum atomic E-state index is 12.3. The van der Waals surface area contributed by atoms with Crippen molar-refractivity contribution in [3.8, 4) is 10.6 Å². The molecular formula is C22H23N3O5S2. The van der Waals surface area contributed by atoms with Gasteiger partial charge in [-0.3, -0.25) is 9.59 Å². The van der Waals surface area contributed by atoms with E-state index in [1.165, 1.54) is 23.5 Å². The Balaban J connectivity index is 1.41. The van der Waals surface area contributed by atoms with Gasteiger partial charge in [0.2, 0.25) is 15.9 Å². The summed E-state index contributed by atoms with van der Waals surface area (Å²) in [6.45, 7) is 2.80. The van der Waals surface area contributed by atoms with Crippen LogP contribution in [0.15, 0.2) is 58.8 Å². The minimum atomic E-state index is -3.83. The maximum absolute atomic E-state index is 12.3. The Morgan fingerprint density at radius 3 is 2.50 bits per heavy atom. The summed E-state index contributed by atoms with van der Waals surface area (Å²) in [5.74, 6) is -1.29. The number of aromatic nitrogens is 1. The molecule has 2 aromatic carbocycles. The van der Waals surface area contributed by atoms with E-state index in [-0.39, 0.29) is 18.0 Å². The van der Waals surface area contributed by atoms with Crippen molar-refractivity contribution in [2.24, 2.45) is 0 Å². The zero-order chi connectivity index (χ0) is 23.1. The highest BCUT2D eigenvalue weighted by Crippen LogP contribution is 2.23. The number of amides is 1. The lowest BCUT2D eigenvalue weighted by Crippen LogP contribution is -2.39. The minimum absolute atomic E-state index is 0.0164. The van der Waals surface area contributed by atoms with Crippen LogP contribution in [0.3, 0.4) is 0 Å². The number of benzene rings is 2. The predicted molar refractivity (Wildman–Crippen MR) is 121 cm³/mol. The number of carbonyl (C=O) groups excluding carboxylic acids is 2. The quantitative estimate of drug-likeness (QED) is 0.462. The van der Waals surface area contributed by atoms with Gasteiger partial charge in [-0.05, 0) is 37.1 Å². The van der Waals surface area contributed by atoms with Crippen molar-refractivity contribution in [1.82, 2.24) is 15.0 Å². The van der Waals surface area contributed by atoms with Crippen molar-refractivity contribution in [2.75, 3.05) is 13.1 Å². The molecule has 0 bridgehead atoms. The van der Waals surface area contributed by atoms with Crippen LogP contribution in [0.4, 0.5) is 0 Å². The summed E-state index contributed by atoms with van der Waals surface area (Å²) in [4.78, 5) is 28.3. The molecule has 0 radical (unpaired) electrons. The van der Waals surface area contributed by atoms with Crippen LogP contribution in [0, 0.1) is 13.8 Å². The Hall–Kier alpha value is -3.08. The number of hydrogen-bond acceptors (Lipinski definition) is 7. The molecule has 1 aromatic heterocycles. The van der Waals surface area contributed by atoms with Gasteiger partial charge in [0.15, 0.2) is 0 Å². The van der Waals surface area contributed by atoms with Gasteiger partial charge in [0, 0.05) is 10.9 Å². The Labute approximate surface area is 190 Å². The SMILES string of the molecule is Cc1ccc(S(=O)(=O)NCC(=O)NCC(=O)OCc2csc(-c3ccccc3)n2)cc1C. The molecule has 32 heavy (non-hydrogen) atoms. The Bertz CT molecular complexity index is 1210. The topological polar surface area (TPSA) is 114 Å². The minimum Gasteiger partial charge on any atom is -0.458 e. The Kier molecular flexibility index (Phi) is 7.73. The summed E-state index contributed by atoms with van der Waals surface area (Å²) < 4.78 is 32.0. The summed E-state index contributed by atoms with van der Waals surface area (Å²) in [6.07, 6.45) is 0. The van der Waals surface area contributed by atoms with Crippen LogP contribution < -0.4 is 10.0 Å². The third-order valence-electron chi connectivity index (χ3n) is 4.59. The molecule has 2 N–H and O–H groups in total. The lowest BCUT2D eigenvalue weighted by Gasteiger charge is -2.09. The summed E-state index contributed by atoms with van der Waals surface area (Å²) in [5, 5.41) is 4.96. The lowest BCUT2D eigenvalue weighted by atomic mass is 10.1. The summed E-state index contributed by atoms with van der Waals surface area (Å²) in [6, 6.07) is 14.3. The number of rotatable bonds is 9. The molecule has 0 fully saturated rings. The van der Waals surface area contributed by atoms with Crippen LogP contribution in [-0.2, 0) is 31.0 Å². The summed E-state index contributed by atoms with van der Waals surface area (Å²) in [5.41, 5.74) is 3.38. The lowest BCUT2D eigenvalue weighted by molar-refractivity contribution is -0.145. The molecule has 1 heterocycles. The number of thiazole rings is 1. The molecule has 0 aliphatic rings. The Morgan fingerprint density at radius 1 is 1.03 bits per heavy atom. The second-order valence-electron chi connectivity index (χ2n) is 7.02. The second-order valence-corrected chi connectivity index (χ2v) is 9.64. The molecule has 0 aliphatic carbocycles. The fourth-order valence-corrected chi connectivity index (χ4v) is 4.53. The number of sulfonamides is 1. The first-order valence-electron chi connectivity index (χ1n) is 9.73. The largest absolute Gasteiger partial charge is 0.458 e. The third-order valence-corrected chi connectivity index (χ3v) is 6.93. The van der Waals surface area contributed by atoms with Crippen LogP contribution in [0.25, 0.3) is 10.6 Å². The molecule has 0 unspecified atom stereocenters. The smallest absolute Gasteiger partial charge is 0.325 e. The molecule has 3 rings (SSSR count). The van der Waals surface area contributed by atoms with E-state index < -0.39 is 28.4 Å². The van der Waals surface area contributed by atoms with Crippen molar-refractivity contribution in [3.05, 3.63) is 70.7 Å². The first-order valence-corrected chi connectivity index (χ1v) is 12.1. The molecule has 8 nitrogen and oxygen atoms in total. The van der Waals surface area contributed by atoms with E-state index in [0.717, 1.165) is 21.7 Å². The molecule has 1 amide bonds. The molecule has 168 valence electrons. The van der Waals surface area contributed by atoms with Crippen LogP contribution in [0.1, 0.15) is 16.8 Å². The standard InChI is InChI=1S/C22H23N3O5S2/c1-15-8-9-19(10-16(15)2)32(28,29)24-11-20(26)23-12-21(27)30-13-18-14-31-22(25-18)17-6-4-3-5-7-17/h3-10,14,24H,11-13H2,1-2H3,(H,23,26). The van der Waals surface area contributed by atoms with Gasteiger partial charge in [-0.25, -0.2) is 18.1 Å². The van der Waals surface area contributed by atoms with Gasteiger partial charge in [0.1, 0.15) is 18.2 Å². The first-order chi connectivity index (χ1) is 15.2. The Morgan fingerprint density at radius 2 is 1.78 bits per heavy atom. The summed E-state index contributed by atoms with van der Waals surface area (Å²) >= 11 is 1.44. The number of carbonyl (C=O) groups is 2. The maximum Gasteiger partial charge on any atom is 0.325 e. The second kappa shape index (κ2) is 10.5. The van der Waals surface area contributed by atoms with Gasteiger partial charge in [-0.2, -0.15) is 0 Å². The molecular weight excluding hydrogens is 450 g/mol. The van der Waals surface area contributed by atoms with Gasteiger partial charge in [0.25, 0.3) is 0 Å². The molecule has 3 aromatic rings. The average molecular weight is 474 g/mol. The number of nitrogens with zero attached hydrogens (tertiary/aromatic N) is 1. The van der Waals surface area contributed by atoms with Crippen LogP contribution in [0.5, 0.6) is 0 Å². The van der Waals surface area contributed by atoms with Gasteiger partial charge < -0.3 is 10.1 Å². The van der Waals surface area contributed by atoms with Gasteiger partial charge in [0.05, 0.1) is 17.1 Å². The first kappa shape index (κ1) is 23.6. The molecule has 0 atom stereocenters. The molecule has 0 aliphatic heterocycles. The van der Waals surface area contributed by atoms with Crippen LogP contribution >= 0.6 is 11.3 Å². The highest BCUT2D eigenvalue weighted by atomic mass is 32.2. The number of esters is 1. The van der Waals surface area contributed by atoms with Crippen molar-refractivity contribution in [3.63, 3.8) is 0 Å². The predicted octanol–water partition coefficient (Wildman–Crippen LogP) is 2.56. The van der Waals surface area contributed by atoms with Crippen LogP contribution in [-0.4, -0.2) is 38.4 Å². The van der Waals surface area contributed by atoms with Gasteiger partial charge >= 0.3 is 5.97 Å². The zero-order valence-corrected chi connectivity index (χ0v) is 19.3. The average Bonchev–Trinajstić information content (AvgIpc) is 3.26. The van der Waals surface area contributed by atoms with E-state index in [9.17, 15) is 18.0 Å². The fourth-order valence-electron chi connectivity index (χ4n) is 2.65. The summed E-state index contributed by atoms with van der Waals surface area (Å²) in [7, 11) is -3.83. The molecule has 0 saturated heterocycles. The van der Waals surface area contributed by atoms with E-state index in [1.54, 1.807) is 18.4 Å². The van der Waals surface area contributed by atoms with Gasteiger partial charge in [-0.1, -0.05) is 36.4 Å². The van der Waals surface area contributed by atoms with E-state index in [0.29, 0.717) is 5.69 Å². The third kappa shape index (κ3) is 6.46. The van der Waals surface area contributed by atoms with E-state index in [1.807, 2.05) is 37.3 Å². The highest BCUT2D eigenvalue weighted by molar-refractivity contribution is 7.89. The van der Waals surface area contributed by atoms with Gasteiger partial charge in [-0.15, -0.1) is 11.3 Å². The van der Waals surface area contributed by atoms with E-state index >= 15 is 0 Å². The van der Waals surface area contributed by atoms with Crippen molar-refractivity contribution < 1.29 is 22.7 Å². The molecule has 0 saturated carbocycles. The normalized spacial score (nSPS) is 11.2.